The molecule has 0 spiro atoms. The Hall–Kier alpha value is -3.51. The van der Waals surface area contributed by atoms with Crippen LogP contribution in [0.1, 0.15) is 16.7 Å². The molecule has 13 heteroatoms. The van der Waals surface area contributed by atoms with Gasteiger partial charge in [-0.3, -0.25) is 0 Å². The van der Waals surface area contributed by atoms with Crippen LogP contribution in [0.3, 0.4) is 0 Å². The minimum atomic E-state index is -5.05. The van der Waals surface area contributed by atoms with Gasteiger partial charge in [0.15, 0.2) is 0 Å². The normalized spacial score (nSPS) is 12.2. The van der Waals surface area contributed by atoms with Gasteiger partial charge in [0.2, 0.25) is 0 Å². The zero-order valence-corrected chi connectivity index (χ0v) is 15.8. The molecule has 0 aliphatic rings. The zero-order chi connectivity index (χ0) is 23.0. The van der Waals surface area contributed by atoms with Crippen LogP contribution in [0.4, 0.5) is 32.0 Å². The number of nitrogens with two attached hydrogens (primary N) is 1. The molecule has 1 heterocycles. The van der Waals surface area contributed by atoms with Crippen LogP contribution in [0.2, 0.25) is 0 Å². The van der Waals surface area contributed by atoms with Crippen molar-refractivity contribution in [1.82, 2.24) is 19.8 Å². The Morgan fingerprint density at radius 3 is 2.13 bits per heavy atom. The maximum absolute atomic E-state index is 13.0. The molecule has 166 valence electrons. The number of tetrazole rings is 1. The van der Waals surface area contributed by atoms with E-state index in [2.05, 4.69) is 10.4 Å². The van der Waals surface area contributed by atoms with Crippen molar-refractivity contribution in [3.05, 3.63) is 63.6 Å². The summed E-state index contributed by atoms with van der Waals surface area (Å²) in [6, 6.07) is 5.63. The SMILES string of the molecule is Cc1cc(OCCn2nnn(-c3cc(C(F)(F)F)cc(C(F)(F)F)c3)c2=O)ccc1N. The predicted molar refractivity (Wildman–Crippen MR) is 96.7 cm³/mol. The van der Waals surface area contributed by atoms with E-state index in [0.717, 1.165) is 10.2 Å². The first-order valence-electron chi connectivity index (χ1n) is 8.68. The molecule has 0 amide bonds. The highest BCUT2D eigenvalue weighted by Crippen LogP contribution is 2.36. The van der Waals surface area contributed by atoms with E-state index in [1.165, 1.54) is 0 Å². The molecule has 0 atom stereocenters. The third-order valence-corrected chi connectivity index (χ3v) is 4.27. The van der Waals surface area contributed by atoms with Gasteiger partial charge in [0.25, 0.3) is 0 Å². The van der Waals surface area contributed by atoms with Crippen molar-refractivity contribution in [1.29, 1.82) is 0 Å². The van der Waals surface area contributed by atoms with Crippen LogP contribution in [0.25, 0.3) is 5.69 Å². The highest BCUT2D eigenvalue weighted by molar-refractivity contribution is 5.49. The first-order valence-corrected chi connectivity index (χ1v) is 8.68. The van der Waals surface area contributed by atoms with Gasteiger partial charge < -0.3 is 10.5 Å². The first kappa shape index (κ1) is 22.2. The van der Waals surface area contributed by atoms with Gasteiger partial charge in [0.05, 0.1) is 23.4 Å². The van der Waals surface area contributed by atoms with E-state index in [4.69, 9.17) is 10.5 Å². The number of nitrogens with zero attached hydrogens (tertiary/aromatic N) is 4. The second-order valence-electron chi connectivity index (χ2n) is 6.53. The molecule has 7 nitrogen and oxygen atoms in total. The maximum atomic E-state index is 13.0. The molecule has 0 aliphatic carbocycles. The highest BCUT2D eigenvalue weighted by atomic mass is 19.4. The summed E-state index contributed by atoms with van der Waals surface area (Å²) < 4.78 is 84.7. The molecule has 0 saturated heterocycles. The minimum absolute atomic E-state index is 0.0403. The fraction of sp³-hybridized carbons (Fsp3) is 0.278. The molecule has 0 bridgehead atoms. The standard InChI is InChI=1S/C18H15F6N5O2/c1-10-6-14(2-3-15(10)25)31-5-4-28-16(30)29(27-26-28)13-8-11(17(19,20)21)7-12(9-13)18(22,23)24/h2-3,6-9H,4-5,25H2,1H3. The number of benzene rings is 2. The Labute approximate surface area is 170 Å². The van der Waals surface area contributed by atoms with Crippen molar-refractivity contribution in [2.75, 3.05) is 12.3 Å². The van der Waals surface area contributed by atoms with E-state index in [1.807, 2.05) is 0 Å². The first-order chi connectivity index (χ1) is 14.4. The summed E-state index contributed by atoms with van der Waals surface area (Å²) in [6.45, 7) is 1.56. The molecule has 31 heavy (non-hydrogen) atoms. The van der Waals surface area contributed by atoms with E-state index in [0.29, 0.717) is 28.3 Å². The summed E-state index contributed by atoms with van der Waals surface area (Å²) in [4.78, 5) is 12.4. The van der Waals surface area contributed by atoms with Gasteiger partial charge in [-0.25, -0.2) is 4.79 Å². The molecule has 0 unspecified atom stereocenters. The number of aromatic nitrogens is 4. The third kappa shape index (κ3) is 4.98. The van der Waals surface area contributed by atoms with E-state index in [1.54, 1.807) is 25.1 Å². The van der Waals surface area contributed by atoms with Crippen LogP contribution in [0.15, 0.2) is 41.2 Å². The summed E-state index contributed by atoms with van der Waals surface area (Å²) >= 11 is 0. The summed E-state index contributed by atoms with van der Waals surface area (Å²) in [7, 11) is 0. The van der Waals surface area contributed by atoms with E-state index < -0.39 is 34.9 Å². The van der Waals surface area contributed by atoms with Crippen LogP contribution in [-0.4, -0.2) is 26.4 Å². The average molecular weight is 447 g/mol. The smallest absolute Gasteiger partial charge is 0.416 e. The second-order valence-corrected chi connectivity index (χ2v) is 6.53. The number of hydrogen-bond acceptors (Lipinski definition) is 5. The molecular formula is C18H15F6N5O2. The molecular weight excluding hydrogens is 432 g/mol. The summed E-state index contributed by atoms with van der Waals surface area (Å²) in [5.74, 6) is 0.458. The van der Waals surface area contributed by atoms with Crippen LogP contribution in [0.5, 0.6) is 5.75 Å². The largest absolute Gasteiger partial charge is 0.492 e. The van der Waals surface area contributed by atoms with Crippen molar-refractivity contribution in [3.63, 3.8) is 0 Å². The lowest BCUT2D eigenvalue weighted by Crippen LogP contribution is -2.27. The Kier molecular flexibility index (Phi) is 5.70. The fourth-order valence-electron chi connectivity index (χ4n) is 2.63. The monoisotopic (exact) mass is 447 g/mol. The fourth-order valence-corrected chi connectivity index (χ4v) is 2.63. The van der Waals surface area contributed by atoms with Crippen molar-refractivity contribution in [2.24, 2.45) is 0 Å². The highest BCUT2D eigenvalue weighted by Gasteiger charge is 2.37. The Bertz CT molecular complexity index is 1120. The zero-order valence-electron chi connectivity index (χ0n) is 15.8. The van der Waals surface area contributed by atoms with Crippen molar-refractivity contribution >= 4 is 5.69 Å². The number of alkyl halides is 6. The Balaban J connectivity index is 1.85. The van der Waals surface area contributed by atoms with Gasteiger partial charge in [-0.05, 0) is 59.3 Å². The van der Waals surface area contributed by atoms with E-state index in [-0.39, 0.29) is 19.2 Å². The van der Waals surface area contributed by atoms with Gasteiger partial charge in [0.1, 0.15) is 12.4 Å². The molecule has 2 N–H and O–H groups in total. The lowest BCUT2D eigenvalue weighted by molar-refractivity contribution is -0.143. The maximum Gasteiger partial charge on any atom is 0.416 e. The lowest BCUT2D eigenvalue weighted by atomic mass is 10.1. The van der Waals surface area contributed by atoms with Gasteiger partial charge in [0, 0.05) is 5.69 Å². The topological polar surface area (TPSA) is 88.0 Å². The predicted octanol–water partition coefficient (Wildman–Crippen LogP) is 3.44. The molecule has 1 aromatic heterocycles. The molecule has 3 aromatic rings. The Morgan fingerprint density at radius 2 is 1.58 bits per heavy atom. The molecule has 3 rings (SSSR count). The van der Waals surface area contributed by atoms with E-state index >= 15 is 0 Å². The molecule has 0 fully saturated rings. The van der Waals surface area contributed by atoms with Crippen molar-refractivity contribution in [2.45, 2.75) is 25.8 Å². The van der Waals surface area contributed by atoms with Crippen molar-refractivity contribution < 1.29 is 31.1 Å². The summed E-state index contributed by atoms with van der Waals surface area (Å²) in [5.41, 5.74) is 2.15. The van der Waals surface area contributed by atoms with Gasteiger partial charge in [-0.15, -0.1) is 0 Å². The van der Waals surface area contributed by atoms with Crippen LogP contribution in [-0.2, 0) is 18.9 Å². The molecule has 2 aromatic carbocycles. The van der Waals surface area contributed by atoms with Crippen molar-refractivity contribution in [3.8, 4) is 11.4 Å². The second kappa shape index (κ2) is 7.96. The number of rotatable bonds is 5. The molecule has 0 aliphatic heterocycles. The number of anilines is 1. The molecule has 0 saturated carbocycles. The number of nitrogen functional groups attached to an aromatic ring is 1. The summed E-state index contributed by atoms with van der Waals surface area (Å²) in [5, 5.41) is 6.89. The average Bonchev–Trinajstić information content (AvgIpc) is 3.03. The number of hydrogen-bond donors (Lipinski definition) is 1. The lowest BCUT2D eigenvalue weighted by Gasteiger charge is -2.13. The Morgan fingerprint density at radius 1 is 0.968 bits per heavy atom. The van der Waals surface area contributed by atoms with E-state index in [9.17, 15) is 31.1 Å². The van der Waals surface area contributed by atoms with Crippen LogP contribution in [0, 0.1) is 6.92 Å². The van der Waals surface area contributed by atoms with Gasteiger partial charge >= 0.3 is 18.0 Å². The number of ether oxygens (including phenoxy) is 1. The number of halogens is 6. The minimum Gasteiger partial charge on any atom is -0.492 e. The summed E-state index contributed by atoms with van der Waals surface area (Å²) in [6.07, 6.45) is -10.1. The molecule has 0 radical (unpaired) electrons. The quantitative estimate of drug-likeness (QED) is 0.478. The third-order valence-electron chi connectivity index (χ3n) is 4.27. The van der Waals surface area contributed by atoms with Crippen LogP contribution >= 0.6 is 0 Å². The van der Waals surface area contributed by atoms with Gasteiger partial charge in [-0.1, -0.05) is 0 Å². The van der Waals surface area contributed by atoms with Gasteiger partial charge in [-0.2, -0.15) is 35.7 Å². The van der Waals surface area contributed by atoms with Crippen LogP contribution < -0.4 is 16.2 Å². The number of aryl methyl sites for hydroxylation is 1.